The van der Waals surface area contributed by atoms with Gasteiger partial charge in [-0.1, -0.05) is 0 Å². The van der Waals surface area contributed by atoms with Gasteiger partial charge in [-0.25, -0.2) is 0 Å². The number of carbonyl (C=O) groups excluding carboxylic acids is 2. The summed E-state index contributed by atoms with van der Waals surface area (Å²) in [6.45, 7) is 3.80. The molecule has 0 fully saturated rings. The first-order chi connectivity index (χ1) is 22.6. The Morgan fingerprint density at radius 2 is 1.15 bits per heavy atom. The predicted molar refractivity (Wildman–Crippen MR) is 189 cm³/mol. The van der Waals surface area contributed by atoms with Crippen molar-refractivity contribution in [1.29, 1.82) is 0 Å². The van der Waals surface area contributed by atoms with Gasteiger partial charge in [-0.15, -0.1) is 0 Å². The van der Waals surface area contributed by atoms with Crippen LogP contribution in [-0.2, 0) is 26.8 Å². The van der Waals surface area contributed by atoms with Gasteiger partial charge in [0.15, 0.2) is 0 Å². The molecule has 0 aliphatic heterocycles. The van der Waals surface area contributed by atoms with Crippen LogP contribution in [-0.4, -0.2) is 24.5 Å². The van der Waals surface area contributed by atoms with E-state index in [2.05, 4.69) is 154 Å². The van der Waals surface area contributed by atoms with E-state index in [1.165, 1.54) is 31.1 Å². The van der Waals surface area contributed by atoms with Crippen LogP contribution in [0, 0.1) is 0 Å². The van der Waals surface area contributed by atoms with Crippen molar-refractivity contribution in [3.63, 3.8) is 0 Å². The summed E-state index contributed by atoms with van der Waals surface area (Å²) in [6, 6.07) is 38.4. The van der Waals surface area contributed by atoms with E-state index in [0.29, 0.717) is 12.8 Å². The Labute approximate surface area is 279 Å². The van der Waals surface area contributed by atoms with Crippen LogP contribution in [0.5, 0.6) is 0 Å². The zero-order chi connectivity index (χ0) is 31.9. The van der Waals surface area contributed by atoms with E-state index >= 15 is 0 Å². The second-order valence-corrected chi connectivity index (χ2v) is 43.1. The Balaban J connectivity index is 1.71. The van der Waals surface area contributed by atoms with E-state index in [-0.39, 0.29) is 19.1 Å². The molecule has 0 bridgehead atoms. The molecule has 0 heterocycles. The van der Waals surface area contributed by atoms with E-state index in [9.17, 15) is 9.59 Å². The number of nitrogens with one attached hydrogen (secondary N) is 2. The van der Waals surface area contributed by atoms with Crippen LogP contribution in [0.2, 0.25) is 0 Å². The summed E-state index contributed by atoms with van der Waals surface area (Å²) in [5, 5.41) is 0. The SMILES string of the molecule is CCC(=O)[NH][Ga]([NH]C(=O)CC)[Zr]([C](=CC=Cc1ccccc1)c1ccccc1)([CH]1C=Cc2ccccc21)[CH]1C=Cc2ccccc21. The average Bonchev–Trinajstić information content (AvgIpc) is 3.74. The van der Waals surface area contributed by atoms with Gasteiger partial charge in [-0.2, -0.15) is 0 Å². The molecular weight excluding hydrogens is 701 g/mol. The molecule has 0 saturated carbocycles. The summed E-state index contributed by atoms with van der Waals surface area (Å²) in [6.07, 6.45) is 16.8. The summed E-state index contributed by atoms with van der Waals surface area (Å²) in [5.41, 5.74) is 7.34. The number of carbonyl (C=O) groups is 2. The topological polar surface area (TPSA) is 58.2 Å². The number of hydrogen-bond acceptors (Lipinski definition) is 2. The normalized spacial score (nSPS) is 17.7. The van der Waals surface area contributed by atoms with Gasteiger partial charge in [0.05, 0.1) is 0 Å². The van der Waals surface area contributed by atoms with Crippen molar-refractivity contribution in [3.8, 4) is 0 Å². The van der Waals surface area contributed by atoms with Gasteiger partial charge in [-0.05, 0) is 0 Å². The van der Waals surface area contributed by atoms with Gasteiger partial charge < -0.3 is 0 Å². The Morgan fingerprint density at radius 1 is 0.674 bits per heavy atom. The van der Waals surface area contributed by atoms with Crippen molar-refractivity contribution in [1.82, 2.24) is 8.05 Å². The molecule has 6 heteroatoms. The summed E-state index contributed by atoms with van der Waals surface area (Å²) >= 11 is -7.60. The molecular formula is C40H39GaN2O2Zr. The molecule has 2 amide bonds. The quantitative estimate of drug-likeness (QED) is 0.120. The van der Waals surface area contributed by atoms with Gasteiger partial charge in [0.1, 0.15) is 0 Å². The predicted octanol–water partition coefficient (Wildman–Crippen LogP) is 8.47. The molecule has 228 valence electrons. The molecule has 0 spiro atoms. The Morgan fingerprint density at radius 3 is 1.67 bits per heavy atom. The minimum atomic E-state index is -4.28. The molecule has 2 aliphatic carbocycles. The maximum absolute atomic E-state index is 13.6. The van der Waals surface area contributed by atoms with E-state index in [1.54, 1.807) is 0 Å². The molecule has 2 aliphatic rings. The van der Waals surface area contributed by atoms with E-state index in [0.717, 1.165) is 5.56 Å². The molecule has 4 nitrogen and oxygen atoms in total. The van der Waals surface area contributed by atoms with Crippen molar-refractivity contribution >= 4 is 46.0 Å². The molecule has 0 saturated heterocycles. The third kappa shape index (κ3) is 6.44. The zero-order valence-electron chi connectivity index (χ0n) is 26.4. The van der Waals surface area contributed by atoms with Crippen LogP contribution < -0.4 is 8.05 Å². The third-order valence-corrected chi connectivity index (χ3v) is 53.4. The minimum absolute atomic E-state index is 0.0141. The standard InChI is InChI=1S/C16H13.2C9H7.2C3H7NO.Ga.Zr/c1-3-9-15(10-4-1)13-7-8-14-16-11-5-2-6-12-16;2*1-2-5-9-7-3-6-8(9)4-1;2*1-2-3(4)5;;/h1-13H;2*1-7H;2*2H2,1H3,(H2,4,5);;/q;;;;;+2;/p-2. The van der Waals surface area contributed by atoms with E-state index < -0.39 is 29.8 Å². The molecule has 0 aromatic heterocycles. The molecule has 4 aromatic rings. The van der Waals surface area contributed by atoms with E-state index in [1.807, 2.05) is 19.9 Å². The van der Waals surface area contributed by atoms with Crippen molar-refractivity contribution in [3.05, 3.63) is 167 Å². The van der Waals surface area contributed by atoms with Crippen molar-refractivity contribution in [2.75, 3.05) is 0 Å². The van der Waals surface area contributed by atoms with Gasteiger partial charge >= 0.3 is 282 Å². The summed E-state index contributed by atoms with van der Waals surface area (Å²) < 4.78 is 8.76. The first-order valence-electron chi connectivity index (χ1n) is 16.2. The number of rotatable bonds is 11. The average molecular weight is 741 g/mol. The summed E-state index contributed by atoms with van der Waals surface area (Å²) in [5.74, 6) is 0.0282. The van der Waals surface area contributed by atoms with Gasteiger partial charge in [0.25, 0.3) is 0 Å². The number of allylic oxidation sites excluding steroid dienone is 4. The van der Waals surface area contributed by atoms with Crippen molar-refractivity contribution < 1.29 is 26.8 Å². The Bertz CT molecular complexity index is 1750. The third-order valence-electron chi connectivity index (χ3n) is 9.26. The molecule has 46 heavy (non-hydrogen) atoms. The van der Waals surface area contributed by atoms with Gasteiger partial charge in [-0.3, -0.25) is 0 Å². The van der Waals surface area contributed by atoms with Gasteiger partial charge in [0, 0.05) is 0 Å². The molecule has 4 aromatic carbocycles. The fourth-order valence-electron chi connectivity index (χ4n) is 7.10. The van der Waals surface area contributed by atoms with Crippen LogP contribution in [0.1, 0.15) is 67.3 Å². The monoisotopic (exact) mass is 738 g/mol. The van der Waals surface area contributed by atoms with Crippen LogP contribution in [0.3, 0.4) is 0 Å². The molecule has 2 N–H and O–H groups in total. The molecule has 0 radical (unpaired) electrons. The molecule has 2 atom stereocenters. The maximum atomic E-state index is 13.6. The van der Waals surface area contributed by atoms with Crippen LogP contribution in [0.4, 0.5) is 0 Å². The first kappa shape index (κ1) is 32.2. The second kappa shape index (κ2) is 14.8. The van der Waals surface area contributed by atoms with Gasteiger partial charge in [0.2, 0.25) is 0 Å². The summed E-state index contributed by atoms with van der Waals surface area (Å²) in [4.78, 5) is 27.1. The molecule has 2 unspecified atom stereocenters. The van der Waals surface area contributed by atoms with Crippen LogP contribution in [0.25, 0.3) is 21.5 Å². The number of benzene rings is 4. The number of amides is 2. The number of fused-ring (bicyclic) bond motifs is 2. The second-order valence-electron chi connectivity index (χ2n) is 11.9. The van der Waals surface area contributed by atoms with E-state index in [4.69, 9.17) is 0 Å². The first-order valence-corrected chi connectivity index (χ1v) is 31.3. The van der Waals surface area contributed by atoms with Crippen molar-refractivity contribution in [2.45, 2.75) is 33.9 Å². The summed E-state index contributed by atoms with van der Waals surface area (Å²) in [7, 11) is 0. The van der Waals surface area contributed by atoms with Crippen LogP contribution >= 0.6 is 0 Å². The zero-order valence-corrected chi connectivity index (χ0v) is 31.3. The molecule has 6 rings (SSSR count). The Kier molecular flexibility index (Phi) is 10.4. The Hall–Kier alpha value is -3.70. The van der Waals surface area contributed by atoms with Crippen LogP contribution in [0.15, 0.2) is 133 Å². The number of hydrogen-bond donors (Lipinski definition) is 2. The fourth-order valence-corrected chi connectivity index (χ4v) is 57.5. The van der Waals surface area contributed by atoms with Crippen molar-refractivity contribution in [2.24, 2.45) is 0 Å². The fraction of sp³-hybridized carbons (Fsp3) is 0.150.